The Morgan fingerprint density at radius 2 is 2.00 bits per heavy atom. The Labute approximate surface area is 108 Å². The molecule has 1 rings (SSSR count). The molecule has 0 saturated carbocycles. The number of hydrogen-bond donors (Lipinski definition) is 4. The zero-order valence-electron chi connectivity index (χ0n) is 8.35. The average Bonchev–Trinajstić information content (AvgIpc) is 2.13. The van der Waals surface area contributed by atoms with Gasteiger partial charge in [-0.05, 0) is 18.3 Å². The molecule has 0 bridgehead atoms. The molecule has 0 aliphatic carbocycles. The molecule has 0 aromatic carbocycles. The van der Waals surface area contributed by atoms with E-state index in [9.17, 15) is 5.11 Å². The monoisotopic (exact) mass is 335 g/mol. The minimum Gasteiger partial charge on any atom is -0.508 e. The second-order valence-corrected chi connectivity index (χ2v) is 5.15. The quantitative estimate of drug-likeness (QED) is 0.451. The third-order valence-electron chi connectivity index (χ3n) is 1.70. The standard InChI is InChI=1S/C8H13N2O4Si.Pd/c11-7-3-1-4-9-8(7)10-5-2-6-15(12,13)14;/h1,3-4,12-14H,2,5-6H2,(H-,9,10,11);/q-1;. The molecule has 0 unspecified atom stereocenters. The molecule has 0 aliphatic heterocycles. The summed E-state index contributed by atoms with van der Waals surface area (Å²) in [4.78, 5) is 30.0. The first-order valence-electron chi connectivity index (χ1n) is 4.47. The van der Waals surface area contributed by atoms with Gasteiger partial charge < -0.3 is 29.8 Å². The van der Waals surface area contributed by atoms with Crippen molar-refractivity contribution < 1.29 is 39.9 Å². The first-order chi connectivity index (χ1) is 6.99. The van der Waals surface area contributed by atoms with Crippen molar-refractivity contribution in [2.45, 2.75) is 12.5 Å². The minimum atomic E-state index is -3.95. The van der Waals surface area contributed by atoms with Crippen molar-refractivity contribution >= 4 is 14.6 Å². The van der Waals surface area contributed by atoms with Crippen LogP contribution in [0.4, 0.5) is 5.82 Å². The second-order valence-electron chi connectivity index (χ2n) is 3.11. The van der Waals surface area contributed by atoms with E-state index >= 15 is 0 Å². The van der Waals surface area contributed by atoms with Gasteiger partial charge in [0, 0.05) is 26.5 Å². The van der Waals surface area contributed by atoms with Gasteiger partial charge in [-0.1, -0.05) is 18.8 Å². The molecule has 6 nitrogen and oxygen atoms in total. The van der Waals surface area contributed by atoms with Crippen molar-refractivity contribution in [2.75, 3.05) is 6.54 Å². The molecule has 0 amide bonds. The fourth-order valence-corrected chi connectivity index (χ4v) is 1.64. The van der Waals surface area contributed by atoms with Gasteiger partial charge in [0.05, 0.1) is 0 Å². The average molecular weight is 336 g/mol. The smallest absolute Gasteiger partial charge is 0.492 e. The van der Waals surface area contributed by atoms with Crippen LogP contribution in [0.5, 0.6) is 5.75 Å². The predicted molar refractivity (Wildman–Crippen MR) is 55.6 cm³/mol. The first-order valence-corrected chi connectivity index (χ1v) is 6.52. The SMILES string of the molecule is Oc1cccnc1[N-]CCC[Si](O)(O)O.[Pd]. The predicted octanol–water partition coefficient (Wildman–Crippen LogP) is 0.0958. The molecule has 0 radical (unpaired) electrons. The fraction of sp³-hybridized carbons (Fsp3) is 0.375. The van der Waals surface area contributed by atoms with Crippen molar-refractivity contribution in [2.24, 2.45) is 0 Å². The van der Waals surface area contributed by atoms with Gasteiger partial charge in [0.15, 0.2) is 0 Å². The number of aromatic hydroxyl groups is 1. The topological polar surface area (TPSA) is 108 Å². The number of hydrogen-bond acceptors (Lipinski definition) is 5. The van der Waals surface area contributed by atoms with Crippen LogP contribution in [0.15, 0.2) is 18.3 Å². The molecule has 4 N–H and O–H groups in total. The maximum atomic E-state index is 9.27. The first kappa shape index (κ1) is 15.5. The molecular formula is C8H13N2O4PdSi-. The number of nitrogens with zero attached hydrogens (tertiary/aromatic N) is 2. The van der Waals surface area contributed by atoms with E-state index in [2.05, 4.69) is 10.3 Å². The molecule has 0 fully saturated rings. The third kappa shape index (κ3) is 6.17. The number of rotatable bonds is 5. The molecule has 0 aliphatic rings. The summed E-state index contributed by atoms with van der Waals surface area (Å²) in [7, 11) is -3.95. The van der Waals surface area contributed by atoms with Crippen LogP contribution in [-0.4, -0.2) is 39.8 Å². The maximum absolute atomic E-state index is 9.27. The summed E-state index contributed by atoms with van der Waals surface area (Å²) in [5.41, 5.74) is 0. The molecule has 8 heteroatoms. The summed E-state index contributed by atoms with van der Waals surface area (Å²) in [6.45, 7) is 0.279. The molecule has 0 saturated heterocycles. The maximum Gasteiger partial charge on any atom is 0.492 e. The Morgan fingerprint density at radius 3 is 2.56 bits per heavy atom. The summed E-state index contributed by atoms with van der Waals surface area (Å²) in [6, 6.07) is 2.99. The van der Waals surface area contributed by atoms with Crippen LogP contribution < -0.4 is 0 Å². The van der Waals surface area contributed by atoms with Crippen molar-refractivity contribution in [3.63, 3.8) is 0 Å². The molecule has 1 aromatic heterocycles. The second kappa shape index (κ2) is 6.96. The summed E-state index contributed by atoms with van der Waals surface area (Å²) in [6.07, 6.45) is 1.84. The van der Waals surface area contributed by atoms with Gasteiger partial charge in [0.2, 0.25) is 0 Å². The minimum absolute atomic E-state index is 0. The van der Waals surface area contributed by atoms with Gasteiger partial charge >= 0.3 is 8.80 Å². The Kier molecular flexibility index (Phi) is 6.74. The molecule has 1 heterocycles. The van der Waals surface area contributed by atoms with E-state index in [4.69, 9.17) is 14.4 Å². The van der Waals surface area contributed by atoms with E-state index in [1.807, 2.05) is 0 Å². The van der Waals surface area contributed by atoms with Crippen molar-refractivity contribution in [1.82, 2.24) is 4.98 Å². The van der Waals surface area contributed by atoms with E-state index in [1.54, 1.807) is 6.07 Å². The van der Waals surface area contributed by atoms with Crippen LogP contribution in [0, 0.1) is 0 Å². The summed E-state index contributed by atoms with van der Waals surface area (Å²) >= 11 is 0. The van der Waals surface area contributed by atoms with E-state index < -0.39 is 8.80 Å². The Hall–Kier alpha value is -0.491. The molecular weight excluding hydrogens is 323 g/mol. The molecule has 94 valence electrons. The Balaban J connectivity index is 0.00000225. The van der Waals surface area contributed by atoms with Crippen LogP contribution in [0.3, 0.4) is 0 Å². The van der Waals surface area contributed by atoms with Crippen LogP contribution in [0.2, 0.25) is 6.04 Å². The van der Waals surface area contributed by atoms with Gasteiger partial charge in [-0.3, -0.25) is 0 Å². The molecule has 0 atom stereocenters. The molecule has 1 aromatic rings. The van der Waals surface area contributed by atoms with Crippen LogP contribution in [-0.2, 0) is 20.4 Å². The summed E-state index contributed by atoms with van der Waals surface area (Å²) < 4.78 is 0. The van der Waals surface area contributed by atoms with E-state index in [-0.39, 0.29) is 44.6 Å². The van der Waals surface area contributed by atoms with E-state index in [0.717, 1.165) is 0 Å². The summed E-state index contributed by atoms with van der Waals surface area (Å²) in [5.74, 6) is 0.205. The third-order valence-corrected chi connectivity index (χ3v) is 2.72. The number of pyridine rings is 1. The van der Waals surface area contributed by atoms with Gasteiger partial charge in [-0.2, -0.15) is 0 Å². The number of aromatic nitrogens is 1. The Morgan fingerprint density at radius 1 is 1.31 bits per heavy atom. The van der Waals surface area contributed by atoms with Gasteiger partial charge in [0.1, 0.15) is 5.75 Å². The van der Waals surface area contributed by atoms with Crippen molar-refractivity contribution in [3.05, 3.63) is 23.6 Å². The molecule has 0 spiro atoms. The zero-order valence-corrected chi connectivity index (χ0v) is 10.9. The van der Waals surface area contributed by atoms with Crippen LogP contribution in [0.1, 0.15) is 6.42 Å². The Bertz CT molecular complexity index is 321. The van der Waals surface area contributed by atoms with Gasteiger partial charge in [-0.25, -0.2) is 0 Å². The largest absolute Gasteiger partial charge is 0.508 e. The van der Waals surface area contributed by atoms with Crippen LogP contribution in [0.25, 0.3) is 5.32 Å². The van der Waals surface area contributed by atoms with Gasteiger partial charge in [0.25, 0.3) is 0 Å². The fourth-order valence-electron chi connectivity index (χ4n) is 1.01. The van der Waals surface area contributed by atoms with E-state index in [0.29, 0.717) is 6.42 Å². The van der Waals surface area contributed by atoms with Gasteiger partial charge in [-0.15, -0.1) is 0 Å². The molecule has 16 heavy (non-hydrogen) atoms. The normalized spacial score (nSPS) is 10.7. The van der Waals surface area contributed by atoms with Crippen molar-refractivity contribution in [1.29, 1.82) is 0 Å². The van der Waals surface area contributed by atoms with Crippen molar-refractivity contribution in [3.8, 4) is 5.75 Å². The van der Waals surface area contributed by atoms with Crippen LogP contribution >= 0.6 is 0 Å². The summed E-state index contributed by atoms with van der Waals surface area (Å²) in [5, 5.41) is 13.2. The van der Waals surface area contributed by atoms with E-state index in [1.165, 1.54) is 12.3 Å². The zero-order chi connectivity index (χ0) is 11.3.